The Morgan fingerprint density at radius 2 is 2.00 bits per heavy atom. The number of ether oxygens (including phenoxy) is 1. The number of nitrogens with zero attached hydrogens (tertiary/aromatic N) is 1. The summed E-state index contributed by atoms with van der Waals surface area (Å²) in [6, 6.07) is 5.48. The van der Waals surface area contributed by atoms with Crippen molar-refractivity contribution in [3.63, 3.8) is 0 Å². The molecule has 8 heteroatoms. The maximum atomic E-state index is 12.3. The Morgan fingerprint density at radius 3 is 2.61 bits per heavy atom. The number of hydrogen-bond donors (Lipinski definition) is 2. The molecular weight excluding hydrogens is 302 g/mol. The largest absolute Gasteiger partial charge is 0.449 e. The van der Waals surface area contributed by atoms with Crippen LogP contribution in [-0.2, 0) is 14.3 Å². The fourth-order valence-electron chi connectivity index (χ4n) is 2.29. The number of carbonyl (C=O) groups excluding carboxylic acids is 4. The van der Waals surface area contributed by atoms with Crippen LogP contribution in [0.25, 0.3) is 0 Å². The predicted octanol–water partition coefficient (Wildman–Crippen LogP) is 0.554. The van der Waals surface area contributed by atoms with Crippen molar-refractivity contribution >= 4 is 29.5 Å². The van der Waals surface area contributed by atoms with Gasteiger partial charge in [-0.2, -0.15) is 0 Å². The van der Waals surface area contributed by atoms with E-state index in [4.69, 9.17) is 10.5 Å². The van der Waals surface area contributed by atoms with E-state index in [2.05, 4.69) is 0 Å². The molecule has 1 heterocycles. The summed E-state index contributed by atoms with van der Waals surface area (Å²) in [5.41, 5.74) is 5.47. The van der Waals surface area contributed by atoms with Gasteiger partial charge in [0, 0.05) is 13.0 Å². The highest BCUT2D eigenvalue weighted by atomic mass is 16.5. The van der Waals surface area contributed by atoms with Gasteiger partial charge in [-0.15, -0.1) is 0 Å². The first-order valence-corrected chi connectivity index (χ1v) is 7.11. The third kappa shape index (κ3) is 3.85. The number of hydrogen-bond acceptors (Lipinski definition) is 5. The summed E-state index contributed by atoms with van der Waals surface area (Å²) in [6.45, 7) is 1.85. The third-order valence-electron chi connectivity index (χ3n) is 3.39. The Bertz CT molecular complexity index is 658. The van der Waals surface area contributed by atoms with Crippen molar-refractivity contribution in [1.82, 2.24) is 5.32 Å². The average molecular weight is 319 g/mol. The molecule has 0 saturated carbocycles. The van der Waals surface area contributed by atoms with E-state index in [1.165, 1.54) is 17.9 Å². The number of esters is 1. The Morgan fingerprint density at radius 1 is 1.30 bits per heavy atom. The van der Waals surface area contributed by atoms with Gasteiger partial charge in [-0.25, -0.2) is 9.59 Å². The Labute approximate surface area is 132 Å². The standard InChI is InChI=1S/C15H17N3O5/c1-9(13(20)17-15(16)22)23-14(21)10-5-2-3-6-11(10)18-8-4-7-12(18)19/h2-3,5-6,9H,4,7-8H2,1H3,(H3,16,17,20,22)/t9-/m1/s1. The molecule has 0 bridgehead atoms. The molecule has 0 spiro atoms. The minimum absolute atomic E-state index is 0.0650. The topological polar surface area (TPSA) is 119 Å². The second kappa shape index (κ2) is 6.91. The number of rotatable bonds is 4. The van der Waals surface area contributed by atoms with Crippen LogP contribution in [0.1, 0.15) is 30.1 Å². The van der Waals surface area contributed by atoms with Crippen LogP contribution in [0.15, 0.2) is 24.3 Å². The van der Waals surface area contributed by atoms with Crippen molar-refractivity contribution in [3.8, 4) is 0 Å². The van der Waals surface area contributed by atoms with Crippen LogP contribution in [0.2, 0.25) is 0 Å². The van der Waals surface area contributed by atoms with Crippen LogP contribution in [0.3, 0.4) is 0 Å². The molecule has 2 rings (SSSR count). The van der Waals surface area contributed by atoms with Gasteiger partial charge in [0.25, 0.3) is 5.91 Å². The summed E-state index contributed by atoms with van der Waals surface area (Å²) in [5.74, 6) is -1.64. The molecule has 0 radical (unpaired) electrons. The van der Waals surface area contributed by atoms with Gasteiger partial charge in [0.05, 0.1) is 11.3 Å². The summed E-state index contributed by atoms with van der Waals surface area (Å²) < 4.78 is 5.04. The van der Waals surface area contributed by atoms with Crippen molar-refractivity contribution < 1.29 is 23.9 Å². The van der Waals surface area contributed by atoms with Gasteiger partial charge < -0.3 is 15.4 Å². The number of anilines is 1. The first-order chi connectivity index (χ1) is 10.9. The molecule has 1 fully saturated rings. The highest BCUT2D eigenvalue weighted by molar-refractivity contribution is 6.04. The lowest BCUT2D eigenvalue weighted by molar-refractivity contribution is -0.127. The number of urea groups is 1. The zero-order chi connectivity index (χ0) is 17.0. The zero-order valence-electron chi connectivity index (χ0n) is 12.6. The molecule has 0 aromatic heterocycles. The SMILES string of the molecule is C[C@@H](OC(=O)c1ccccc1N1CCCC1=O)C(=O)NC(N)=O. The molecule has 1 aliphatic heterocycles. The van der Waals surface area contributed by atoms with E-state index in [0.717, 1.165) is 6.42 Å². The fraction of sp³-hybridized carbons (Fsp3) is 0.333. The van der Waals surface area contributed by atoms with Gasteiger partial charge in [-0.3, -0.25) is 14.9 Å². The molecule has 0 unspecified atom stereocenters. The van der Waals surface area contributed by atoms with E-state index in [1.807, 2.05) is 5.32 Å². The van der Waals surface area contributed by atoms with Crippen LogP contribution < -0.4 is 16.0 Å². The van der Waals surface area contributed by atoms with Gasteiger partial charge in [0.15, 0.2) is 6.10 Å². The van der Waals surface area contributed by atoms with E-state index in [-0.39, 0.29) is 11.5 Å². The molecule has 1 saturated heterocycles. The molecule has 8 nitrogen and oxygen atoms in total. The third-order valence-corrected chi connectivity index (χ3v) is 3.39. The number of nitrogens with one attached hydrogen (secondary N) is 1. The summed E-state index contributed by atoms with van der Waals surface area (Å²) in [4.78, 5) is 47.9. The second-order valence-electron chi connectivity index (χ2n) is 5.07. The lowest BCUT2D eigenvalue weighted by atomic mass is 10.1. The lowest BCUT2D eigenvalue weighted by Gasteiger charge is -2.20. The molecule has 1 aliphatic rings. The maximum absolute atomic E-state index is 12.3. The number of amides is 4. The predicted molar refractivity (Wildman–Crippen MR) is 80.6 cm³/mol. The first-order valence-electron chi connectivity index (χ1n) is 7.11. The monoisotopic (exact) mass is 319 g/mol. The molecule has 3 N–H and O–H groups in total. The zero-order valence-corrected chi connectivity index (χ0v) is 12.6. The number of nitrogens with two attached hydrogens (primary N) is 1. The number of para-hydroxylation sites is 1. The first kappa shape index (κ1) is 16.5. The van der Waals surface area contributed by atoms with Gasteiger partial charge in [-0.05, 0) is 25.5 Å². The number of carbonyl (C=O) groups is 4. The van der Waals surface area contributed by atoms with E-state index in [0.29, 0.717) is 18.7 Å². The van der Waals surface area contributed by atoms with Gasteiger partial charge in [-0.1, -0.05) is 12.1 Å². The highest BCUT2D eigenvalue weighted by Crippen LogP contribution is 2.26. The molecule has 1 aromatic carbocycles. The number of imide groups is 1. The summed E-state index contributed by atoms with van der Waals surface area (Å²) in [6.07, 6.45) is -0.0437. The fourth-order valence-corrected chi connectivity index (χ4v) is 2.29. The van der Waals surface area contributed by atoms with E-state index < -0.39 is 24.0 Å². The molecule has 4 amide bonds. The van der Waals surface area contributed by atoms with Crippen LogP contribution in [0, 0.1) is 0 Å². The van der Waals surface area contributed by atoms with Crippen LogP contribution in [0.4, 0.5) is 10.5 Å². The van der Waals surface area contributed by atoms with E-state index in [9.17, 15) is 19.2 Å². The van der Waals surface area contributed by atoms with Crippen LogP contribution in [0.5, 0.6) is 0 Å². The molecule has 122 valence electrons. The minimum Gasteiger partial charge on any atom is -0.449 e. The Hall–Kier alpha value is -2.90. The number of primary amides is 1. The van der Waals surface area contributed by atoms with E-state index >= 15 is 0 Å². The lowest BCUT2D eigenvalue weighted by Crippen LogP contribution is -2.42. The van der Waals surface area contributed by atoms with Crippen LogP contribution >= 0.6 is 0 Å². The Kier molecular flexibility index (Phi) is 4.95. The molecule has 1 aromatic rings. The molecule has 1 atom stereocenters. The average Bonchev–Trinajstić information content (AvgIpc) is 2.92. The van der Waals surface area contributed by atoms with Crippen LogP contribution in [-0.4, -0.2) is 36.5 Å². The van der Waals surface area contributed by atoms with Crippen molar-refractivity contribution in [3.05, 3.63) is 29.8 Å². The molecule has 23 heavy (non-hydrogen) atoms. The van der Waals surface area contributed by atoms with E-state index in [1.54, 1.807) is 18.2 Å². The van der Waals surface area contributed by atoms with Crippen molar-refractivity contribution in [2.24, 2.45) is 5.73 Å². The molecule has 0 aliphatic carbocycles. The van der Waals surface area contributed by atoms with Crippen molar-refractivity contribution in [2.75, 3.05) is 11.4 Å². The van der Waals surface area contributed by atoms with Gasteiger partial charge in [0.1, 0.15) is 0 Å². The summed E-state index contributed by atoms with van der Waals surface area (Å²) in [5, 5.41) is 1.83. The second-order valence-corrected chi connectivity index (χ2v) is 5.07. The maximum Gasteiger partial charge on any atom is 0.341 e. The quantitative estimate of drug-likeness (QED) is 0.786. The number of benzene rings is 1. The highest BCUT2D eigenvalue weighted by Gasteiger charge is 2.27. The van der Waals surface area contributed by atoms with Gasteiger partial charge in [0.2, 0.25) is 5.91 Å². The Balaban J connectivity index is 2.15. The smallest absolute Gasteiger partial charge is 0.341 e. The molecular formula is C15H17N3O5. The van der Waals surface area contributed by atoms with Crippen molar-refractivity contribution in [2.45, 2.75) is 25.9 Å². The van der Waals surface area contributed by atoms with Crippen molar-refractivity contribution in [1.29, 1.82) is 0 Å². The minimum atomic E-state index is -1.20. The van der Waals surface area contributed by atoms with Gasteiger partial charge >= 0.3 is 12.0 Å². The summed E-state index contributed by atoms with van der Waals surface area (Å²) >= 11 is 0. The normalized spacial score (nSPS) is 15.2. The summed E-state index contributed by atoms with van der Waals surface area (Å²) in [7, 11) is 0.